The third kappa shape index (κ3) is 3.93. The molecule has 0 aliphatic heterocycles. The smallest absolute Gasteiger partial charge is 0.119 e. The fourth-order valence-electron chi connectivity index (χ4n) is 1.33. The molecule has 86 valence electrons. The van der Waals surface area contributed by atoms with Crippen LogP contribution in [0.25, 0.3) is 0 Å². The molecule has 0 amide bonds. The lowest BCUT2D eigenvalue weighted by atomic mass is 10.1. The minimum Gasteiger partial charge on any atom is -0.497 e. The van der Waals surface area contributed by atoms with Crippen LogP contribution in [0.1, 0.15) is 18.6 Å². The maximum atomic E-state index is 9.87. The Balaban J connectivity index is 2.50. The first-order chi connectivity index (χ1) is 7.77. The van der Waals surface area contributed by atoms with E-state index < -0.39 is 6.10 Å². The first-order valence-corrected chi connectivity index (χ1v) is 5.20. The van der Waals surface area contributed by atoms with Crippen LogP contribution in [0.3, 0.4) is 0 Å². The van der Waals surface area contributed by atoms with Gasteiger partial charge >= 0.3 is 0 Å². The Morgan fingerprint density at radius 2 is 2.31 bits per heavy atom. The van der Waals surface area contributed by atoms with Crippen LogP contribution in [-0.4, -0.2) is 25.3 Å². The van der Waals surface area contributed by atoms with Gasteiger partial charge in [0.2, 0.25) is 0 Å². The van der Waals surface area contributed by atoms with Gasteiger partial charge in [-0.05, 0) is 24.6 Å². The van der Waals surface area contributed by atoms with Crippen LogP contribution in [0.15, 0.2) is 24.3 Å². The minimum atomic E-state index is -0.534. The van der Waals surface area contributed by atoms with Crippen molar-refractivity contribution >= 4 is 0 Å². The van der Waals surface area contributed by atoms with E-state index in [0.29, 0.717) is 13.1 Å². The number of hydrogen-bond acceptors (Lipinski definition) is 3. The molecule has 0 aliphatic carbocycles. The normalized spacial score (nSPS) is 11.4. The second-order valence-electron chi connectivity index (χ2n) is 3.35. The van der Waals surface area contributed by atoms with Crippen molar-refractivity contribution in [2.75, 3.05) is 20.2 Å². The molecule has 1 unspecified atom stereocenters. The molecule has 16 heavy (non-hydrogen) atoms. The highest BCUT2D eigenvalue weighted by Crippen LogP contribution is 2.18. The van der Waals surface area contributed by atoms with Crippen LogP contribution < -0.4 is 10.1 Å². The summed E-state index contributed by atoms with van der Waals surface area (Å²) in [6, 6.07) is 7.42. The third-order valence-corrected chi connectivity index (χ3v) is 2.21. The van der Waals surface area contributed by atoms with Crippen molar-refractivity contribution in [3.8, 4) is 17.6 Å². The number of benzene rings is 1. The second-order valence-corrected chi connectivity index (χ2v) is 3.35. The number of hydrogen-bond donors (Lipinski definition) is 2. The summed E-state index contributed by atoms with van der Waals surface area (Å²) in [6.07, 6.45) is -0.534. The topological polar surface area (TPSA) is 41.5 Å². The molecule has 0 saturated heterocycles. The number of rotatable bonds is 5. The first kappa shape index (κ1) is 12.6. The molecule has 0 bridgehead atoms. The molecule has 0 aromatic heterocycles. The molecule has 1 aromatic rings. The summed E-state index contributed by atoms with van der Waals surface area (Å²) in [5, 5.41) is 12.9. The van der Waals surface area contributed by atoms with Gasteiger partial charge in [-0.15, -0.1) is 5.92 Å². The highest BCUT2D eigenvalue weighted by atomic mass is 16.5. The van der Waals surface area contributed by atoms with Gasteiger partial charge in [-0.1, -0.05) is 18.1 Å². The zero-order chi connectivity index (χ0) is 11.8. The largest absolute Gasteiger partial charge is 0.497 e. The Bertz CT molecular complexity index is 379. The van der Waals surface area contributed by atoms with Crippen molar-refractivity contribution in [2.24, 2.45) is 0 Å². The summed E-state index contributed by atoms with van der Waals surface area (Å²) in [5.74, 6) is 6.42. The van der Waals surface area contributed by atoms with E-state index in [1.807, 2.05) is 24.3 Å². The van der Waals surface area contributed by atoms with Gasteiger partial charge in [0.15, 0.2) is 0 Å². The Morgan fingerprint density at radius 1 is 1.50 bits per heavy atom. The Morgan fingerprint density at radius 3 is 3.00 bits per heavy atom. The Labute approximate surface area is 96.4 Å². The number of aliphatic hydroxyl groups is 1. The molecule has 1 rings (SSSR count). The lowest BCUT2D eigenvalue weighted by Crippen LogP contribution is -2.21. The van der Waals surface area contributed by atoms with Crippen molar-refractivity contribution in [3.63, 3.8) is 0 Å². The van der Waals surface area contributed by atoms with Gasteiger partial charge < -0.3 is 15.2 Å². The molecule has 0 spiro atoms. The van der Waals surface area contributed by atoms with E-state index in [2.05, 4.69) is 17.2 Å². The maximum Gasteiger partial charge on any atom is 0.119 e. The quantitative estimate of drug-likeness (QED) is 0.580. The van der Waals surface area contributed by atoms with Gasteiger partial charge in [0.25, 0.3) is 0 Å². The second kappa shape index (κ2) is 6.89. The molecular formula is C13H17NO2. The molecule has 0 radical (unpaired) electrons. The zero-order valence-electron chi connectivity index (χ0n) is 9.66. The van der Waals surface area contributed by atoms with Gasteiger partial charge in [0, 0.05) is 6.54 Å². The fraction of sp³-hybridized carbons (Fsp3) is 0.385. The van der Waals surface area contributed by atoms with Gasteiger partial charge in [-0.2, -0.15) is 0 Å². The Kier molecular flexibility index (Phi) is 5.41. The summed E-state index contributed by atoms with van der Waals surface area (Å²) in [7, 11) is 1.61. The fourth-order valence-corrected chi connectivity index (χ4v) is 1.33. The molecule has 1 atom stereocenters. The summed E-state index contributed by atoms with van der Waals surface area (Å²) in [6.45, 7) is 2.87. The summed E-state index contributed by atoms with van der Waals surface area (Å²) >= 11 is 0. The van der Waals surface area contributed by atoms with Crippen LogP contribution >= 0.6 is 0 Å². The van der Waals surface area contributed by atoms with Gasteiger partial charge in [0.1, 0.15) is 5.75 Å². The average Bonchev–Trinajstić information content (AvgIpc) is 2.34. The van der Waals surface area contributed by atoms with E-state index >= 15 is 0 Å². The lowest BCUT2D eigenvalue weighted by Gasteiger charge is -2.11. The van der Waals surface area contributed by atoms with E-state index in [1.54, 1.807) is 14.0 Å². The van der Waals surface area contributed by atoms with Crippen molar-refractivity contribution in [1.29, 1.82) is 0 Å². The maximum absolute atomic E-state index is 9.87. The van der Waals surface area contributed by atoms with E-state index in [4.69, 9.17) is 4.74 Å². The molecule has 1 aromatic carbocycles. The van der Waals surface area contributed by atoms with Gasteiger partial charge in [-0.25, -0.2) is 0 Å². The summed E-state index contributed by atoms with van der Waals surface area (Å²) in [4.78, 5) is 0. The average molecular weight is 219 g/mol. The highest BCUT2D eigenvalue weighted by Gasteiger charge is 2.06. The predicted octanol–water partition coefficient (Wildman–Crippen LogP) is 1.34. The van der Waals surface area contributed by atoms with E-state index in [9.17, 15) is 5.11 Å². The van der Waals surface area contributed by atoms with E-state index in [0.717, 1.165) is 11.3 Å². The SMILES string of the molecule is CC#CCNCC(O)c1cccc(OC)c1. The van der Waals surface area contributed by atoms with Crippen LogP contribution in [0.5, 0.6) is 5.75 Å². The van der Waals surface area contributed by atoms with Crippen LogP contribution in [0, 0.1) is 11.8 Å². The minimum absolute atomic E-state index is 0.488. The summed E-state index contributed by atoms with van der Waals surface area (Å²) in [5.41, 5.74) is 0.844. The molecule has 0 saturated carbocycles. The van der Waals surface area contributed by atoms with Gasteiger partial charge in [0.05, 0.1) is 19.8 Å². The molecular weight excluding hydrogens is 202 g/mol. The molecule has 2 N–H and O–H groups in total. The summed E-state index contributed by atoms with van der Waals surface area (Å²) < 4.78 is 5.09. The number of nitrogens with one attached hydrogen (secondary N) is 1. The van der Waals surface area contributed by atoms with Crippen molar-refractivity contribution < 1.29 is 9.84 Å². The molecule has 3 nitrogen and oxygen atoms in total. The molecule has 0 fully saturated rings. The zero-order valence-corrected chi connectivity index (χ0v) is 9.66. The van der Waals surface area contributed by atoms with Gasteiger partial charge in [-0.3, -0.25) is 0 Å². The molecule has 3 heteroatoms. The third-order valence-electron chi connectivity index (χ3n) is 2.21. The monoisotopic (exact) mass is 219 g/mol. The van der Waals surface area contributed by atoms with E-state index in [-0.39, 0.29) is 0 Å². The predicted molar refractivity (Wildman–Crippen MR) is 64.3 cm³/mol. The van der Waals surface area contributed by atoms with Crippen LogP contribution in [-0.2, 0) is 0 Å². The van der Waals surface area contributed by atoms with Crippen molar-refractivity contribution in [2.45, 2.75) is 13.0 Å². The van der Waals surface area contributed by atoms with Crippen LogP contribution in [0.2, 0.25) is 0 Å². The lowest BCUT2D eigenvalue weighted by molar-refractivity contribution is 0.176. The highest BCUT2D eigenvalue weighted by molar-refractivity contribution is 5.29. The molecule has 0 heterocycles. The standard InChI is InChI=1S/C13H17NO2/c1-3-4-8-14-10-13(15)11-6-5-7-12(9-11)16-2/h5-7,9,13-15H,8,10H2,1-2H3. The van der Waals surface area contributed by atoms with Crippen LogP contribution in [0.4, 0.5) is 0 Å². The molecule has 0 aliphatic rings. The number of methoxy groups -OCH3 is 1. The number of ether oxygens (including phenoxy) is 1. The number of aliphatic hydroxyl groups excluding tert-OH is 1. The first-order valence-electron chi connectivity index (χ1n) is 5.20. The van der Waals surface area contributed by atoms with Crippen molar-refractivity contribution in [1.82, 2.24) is 5.32 Å². The van der Waals surface area contributed by atoms with E-state index in [1.165, 1.54) is 0 Å². The Hall–Kier alpha value is -1.50. The van der Waals surface area contributed by atoms with Crippen molar-refractivity contribution in [3.05, 3.63) is 29.8 Å².